The molecule has 0 spiro atoms. The molecule has 1 fully saturated rings. The molecule has 7 nitrogen and oxygen atoms in total. The molecule has 2 unspecified atom stereocenters. The Hall–Kier alpha value is -2.98. The number of nitrogens with zero attached hydrogens (tertiary/aromatic N) is 4. The summed E-state index contributed by atoms with van der Waals surface area (Å²) in [6.45, 7) is 4.82. The maximum atomic E-state index is 14.7. The van der Waals surface area contributed by atoms with Crippen LogP contribution in [-0.2, 0) is 13.1 Å². The highest BCUT2D eigenvalue weighted by Gasteiger charge is 2.31. The summed E-state index contributed by atoms with van der Waals surface area (Å²) in [7, 11) is 5.38. The minimum atomic E-state index is -4.41. The van der Waals surface area contributed by atoms with Crippen LogP contribution >= 0.6 is 11.9 Å². The van der Waals surface area contributed by atoms with Crippen LogP contribution < -0.4 is 15.4 Å². The highest BCUT2D eigenvalue weighted by molar-refractivity contribution is 7.96. The molecule has 3 heterocycles. The molecular formula is C30H38F4N6OS. The summed E-state index contributed by atoms with van der Waals surface area (Å²) in [5.41, 5.74) is 2.22. The average Bonchev–Trinajstić information content (AvgIpc) is 3.25. The van der Waals surface area contributed by atoms with Crippen LogP contribution in [0.25, 0.3) is 10.9 Å². The van der Waals surface area contributed by atoms with E-state index in [0.717, 1.165) is 17.1 Å². The number of alkyl halides is 4. The second-order valence-electron chi connectivity index (χ2n) is 10.8. The number of nitrogens with one attached hydrogen (secondary N) is 2. The third kappa shape index (κ3) is 8.53. The lowest BCUT2D eigenvalue weighted by atomic mass is 10.0. The number of fused-ring (bicyclic) bond motifs is 1. The molecule has 12 heteroatoms. The largest absolute Gasteiger partial charge is 0.494 e. The van der Waals surface area contributed by atoms with E-state index in [1.54, 1.807) is 37.6 Å². The van der Waals surface area contributed by atoms with E-state index in [-0.39, 0.29) is 18.3 Å². The highest BCUT2D eigenvalue weighted by Crippen LogP contribution is 2.29. The third-order valence-corrected chi connectivity index (χ3v) is 7.87. The maximum absolute atomic E-state index is 14.7. The van der Waals surface area contributed by atoms with E-state index >= 15 is 0 Å². The van der Waals surface area contributed by atoms with Crippen molar-refractivity contribution in [1.29, 1.82) is 0 Å². The first-order valence-corrected chi connectivity index (χ1v) is 14.6. The molecule has 0 aliphatic carbocycles. The zero-order valence-corrected chi connectivity index (χ0v) is 25.4. The molecule has 42 heavy (non-hydrogen) atoms. The molecule has 3 aromatic rings. The molecular weight excluding hydrogens is 568 g/mol. The van der Waals surface area contributed by atoms with Gasteiger partial charge in [0.15, 0.2) is 0 Å². The quantitative estimate of drug-likeness (QED) is 0.178. The highest BCUT2D eigenvalue weighted by atomic mass is 32.2. The number of halogens is 4. The predicted octanol–water partition coefficient (Wildman–Crippen LogP) is 5.55. The molecule has 0 amide bonds. The molecule has 0 radical (unpaired) electrons. The van der Waals surface area contributed by atoms with Crippen molar-refractivity contribution in [3.63, 3.8) is 0 Å². The SMILES string of the molecule is COc1cc(SN(C)C)ncc1NCC#Cc1cc2cc(CNC3CCN(C(C)C)CC3F)ccc2n1CC(F)(F)F. The van der Waals surface area contributed by atoms with Crippen molar-refractivity contribution < 1.29 is 22.3 Å². The molecule has 2 aromatic heterocycles. The summed E-state index contributed by atoms with van der Waals surface area (Å²) in [6, 6.07) is 8.84. The second-order valence-corrected chi connectivity index (χ2v) is 12.1. The summed E-state index contributed by atoms with van der Waals surface area (Å²) >= 11 is 1.45. The number of benzene rings is 1. The Morgan fingerprint density at radius 1 is 1.21 bits per heavy atom. The van der Waals surface area contributed by atoms with Crippen LogP contribution in [0, 0.1) is 11.8 Å². The molecule has 0 bridgehead atoms. The number of likely N-dealkylation sites (tertiary alicyclic amines) is 1. The number of pyridine rings is 1. The van der Waals surface area contributed by atoms with Crippen molar-refractivity contribution in [1.82, 2.24) is 24.1 Å². The van der Waals surface area contributed by atoms with Gasteiger partial charge in [0.05, 0.1) is 31.2 Å². The average molecular weight is 607 g/mol. The first-order chi connectivity index (χ1) is 19.9. The van der Waals surface area contributed by atoms with Gasteiger partial charge < -0.3 is 19.9 Å². The molecule has 228 valence electrons. The first-order valence-electron chi connectivity index (χ1n) is 13.9. The van der Waals surface area contributed by atoms with Crippen LogP contribution in [0.2, 0.25) is 0 Å². The fraction of sp³-hybridized carbons (Fsp3) is 0.500. The molecule has 2 N–H and O–H groups in total. The molecule has 1 aliphatic heterocycles. The summed E-state index contributed by atoms with van der Waals surface area (Å²) in [5, 5.41) is 7.85. The second kappa shape index (κ2) is 14.0. The number of anilines is 1. The van der Waals surface area contributed by atoms with Crippen molar-refractivity contribution in [3.8, 4) is 17.6 Å². The van der Waals surface area contributed by atoms with E-state index in [4.69, 9.17) is 4.74 Å². The van der Waals surface area contributed by atoms with E-state index in [0.29, 0.717) is 47.9 Å². The van der Waals surface area contributed by atoms with Crippen molar-refractivity contribution >= 4 is 28.5 Å². The monoisotopic (exact) mass is 606 g/mol. The Balaban J connectivity index is 1.47. The van der Waals surface area contributed by atoms with Crippen LogP contribution in [-0.4, -0.2) is 84.0 Å². The van der Waals surface area contributed by atoms with Gasteiger partial charge in [0, 0.05) is 48.7 Å². The van der Waals surface area contributed by atoms with Crippen LogP contribution in [0.15, 0.2) is 41.6 Å². The molecule has 2 atom stereocenters. The number of hydrogen-bond donors (Lipinski definition) is 2. The van der Waals surface area contributed by atoms with Gasteiger partial charge in [-0.15, -0.1) is 0 Å². The standard InChI is InChI=1S/C30H38F4N6OS/c1-20(2)39-12-10-25(24(31)18-39)36-16-21-8-9-27-22(13-21)14-23(40(27)19-30(32,33)34)7-6-11-35-26-17-37-29(42-38(3)4)15-28(26)41-5/h8-9,13-15,17,20,24-25,35-36H,10-12,16,18-19H2,1-5H3. The van der Waals surface area contributed by atoms with Gasteiger partial charge in [-0.05, 0) is 76.0 Å². The smallest absolute Gasteiger partial charge is 0.406 e. The normalized spacial score (nSPS) is 18.0. The lowest BCUT2D eigenvalue weighted by Gasteiger charge is -2.37. The van der Waals surface area contributed by atoms with E-state index in [9.17, 15) is 17.6 Å². The number of aromatic nitrogens is 2. The van der Waals surface area contributed by atoms with E-state index in [1.807, 2.05) is 24.5 Å². The Morgan fingerprint density at radius 3 is 2.67 bits per heavy atom. The molecule has 1 aromatic carbocycles. The van der Waals surface area contributed by atoms with Gasteiger partial charge in [0.1, 0.15) is 23.5 Å². The Morgan fingerprint density at radius 2 is 2.00 bits per heavy atom. The lowest BCUT2D eigenvalue weighted by Crippen LogP contribution is -2.52. The Labute approximate surface area is 249 Å². The van der Waals surface area contributed by atoms with Crippen LogP contribution in [0.1, 0.15) is 31.5 Å². The molecule has 0 saturated carbocycles. The molecule has 1 saturated heterocycles. The van der Waals surface area contributed by atoms with Gasteiger partial charge in [-0.1, -0.05) is 12.0 Å². The van der Waals surface area contributed by atoms with Crippen LogP contribution in [0.5, 0.6) is 5.75 Å². The van der Waals surface area contributed by atoms with Crippen molar-refractivity contribution in [2.24, 2.45) is 0 Å². The van der Waals surface area contributed by atoms with Gasteiger partial charge in [-0.25, -0.2) is 9.37 Å². The van der Waals surface area contributed by atoms with Gasteiger partial charge in [-0.2, -0.15) is 13.2 Å². The van der Waals surface area contributed by atoms with E-state index in [2.05, 4.69) is 46.2 Å². The minimum Gasteiger partial charge on any atom is -0.494 e. The fourth-order valence-electron chi connectivity index (χ4n) is 4.99. The summed E-state index contributed by atoms with van der Waals surface area (Å²) in [6.07, 6.45) is -3.04. The van der Waals surface area contributed by atoms with Gasteiger partial charge in [-0.3, -0.25) is 9.21 Å². The Kier molecular flexibility index (Phi) is 10.6. The van der Waals surface area contributed by atoms with Crippen molar-refractivity contribution in [2.75, 3.05) is 46.2 Å². The number of piperidine rings is 1. The summed E-state index contributed by atoms with van der Waals surface area (Å²) in [4.78, 5) is 6.52. The van der Waals surface area contributed by atoms with Crippen molar-refractivity contribution in [3.05, 3.63) is 47.8 Å². The summed E-state index contributed by atoms with van der Waals surface area (Å²) in [5.74, 6) is 6.42. The van der Waals surface area contributed by atoms with Gasteiger partial charge in [0.2, 0.25) is 0 Å². The zero-order valence-electron chi connectivity index (χ0n) is 24.6. The van der Waals surface area contributed by atoms with Crippen molar-refractivity contribution in [2.45, 2.75) is 62.8 Å². The number of rotatable bonds is 10. The van der Waals surface area contributed by atoms with Crippen LogP contribution in [0.3, 0.4) is 0 Å². The first kappa shape index (κ1) is 31.9. The number of ether oxygens (including phenoxy) is 1. The van der Waals surface area contributed by atoms with Gasteiger partial charge in [0.25, 0.3) is 0 Å². The van der Waals surface area contributed by atoms with E-state index in [1.165, 1.54) is 16.5 Å². The maximum Gasteiger partial charge on any atom is 0.406 e. The topological polar surface area (TPSA) is 57.6 Å². The predicted molar refractivity (Wildman–Crippen MR) is 161 cm³/mol. The summed E-state index contributed by atoms with van der Waals surface area (Å²) < 4.78 is 63.8. The third-order valence-electron chi connectivity index (χ3n) is 7.10. The fourth-order valence-corrected chi connectivity index (χ4v) is 5.63. The molecule has 1 aliphatic rings. The zero-order chi connectivity index (χ0) is 30.4. The van der Waals surface area contributed by atoms with Crippen LogP contribution in [0.4, 0.5) is 23.2 Å². The lowest BCUT2D eigenvalue weighted by molar-refractivity contribution is -0.140. The van der Waals surface area contributed by atoms with Gasteiger partial charge >= 0.3 is 6.18 Å². The van der Waals surface area contributed by atoms with E-state index < -0.39 is 18.9 Å². The molecule has 4 rings (SSSR count). The minimum absolute atomic E-state index is 0.181. The Bertz CT molecular complexity index is 1410. The number of hydrogen-bond acceptors (Lipinski definition) is 7. The number of methoxy groups -OCH3 is 1.